The minimum absolute atomic E-state index is 0.153. The quantitative estimate of drug-likeness (QED) is 0.827. The summed E-state index contributed by atoms with van der Waals surface area (Å²) in [6, 6.07) is -0.575. The van der Waals surface area contributed by atoms with E-state index in [9.17, 15) is 13.6 Å². The van der Waals surface area contributed by atoms with Crippen LogP contribution in [0.4, 0.5) is 8.78 Å². The fourth-order valence-corrected chi connectivity index (χ4v) is 3.52. The Kier molecular flexibility index (Phi) is 4.48. The molecule has 1 aliphatic carbocycles. The number of alkyl halides is 2. The van der Waals surface area contributed by atoms with E-state index in [2.05, 4.69) is 16.9 Å². The maximum Gasteiger partial charge on any atom is 0.262 e. The molecule has 18 heavy (non-hydrogen) atoms. The third-order valence-corrected chi connectivity index (χ3v) is 4.83. The Labute approximate surface area is 110 Å². The second kappa shape index (κ2) is 5.74. The van der Waals surface area contributed by atoms with E-state index in [1.165, 1.54) is 6.42 Å². The van der Waals surface area contributed by atoms with Gasteiger partial charge in [-0.1, -0.05) is 6.42 Å². The van der Waals surface area contributed by atoms with Crippen molar-refractivity contribution in [2.75, 3.05) is 12.8 Å². The lowest BCUT2D eigenvalue weighted by atomic mass is 9.94. The van der Waals surface area contributed by atoms with Crippen LogP contribution in [0.15, 0.2) is 0 Å². The van der Waals surface area contributed by atoms with Crippen molar-refractivity contribution in [1.29, 1.82) is 0 Å². The van der Waals surface area contributed by atoms with Crippen LogP contribution in [-0.2, 0) is 4.79 Å². The first-order valence-electron chi connectivity index (χ1n) is 6.44. The number of carbonyl (C=O) groups is 1. The monoisotopic (exact) mass is 278 g/mol. The van der Waals surface area contributed by atoms with Crippen molar-refractivity contribution >= 4 is 17.7 Å². The summed E-state index contributed by atoms with van der Waals surface area (Å²) in [6.07, 6.45) is 5.91. The van der Waals surface area contributed by atoms with Gasteiger partial charge in [-0.2, -0.15) is 11.8 Å². The summed E-state index contributed by atoms with van der Waals surface area (Å²) >= 11 is 1.82. The third kappa shape index (κ3) is 3.57. The number of hydrogen-bond acceptors (Lipinski definition) is 3. The summed E-state index contributed by atoms with van der Waals surface area (Å²) in [5.41, 5.74) is 0. The van der Waals surface area contributed by atoms with Crippen molar-refractivity contribution in [2.24, 2.45) is 0 Å². The highest BCUT2D eigenvalue weighted by atomic mass is 32.2. The summed E-state index contributed by atoms with van der Waals surface area (Å²) in [5.74, 6) is -3.00. The van der Waals surface area contributed by atoms with E-state index >= 15 is 0 Å². The van der Waals surface area contributed by atoms with Crippen LogP contribution in [-0.4, -0.2) is 42.0 Å². The lowest BCUT2D eigenvalue weighted by Crippen LogP contribution is -2.47. The molecule has 2 aliphatic rings. The highest BCUT2D eigenvalue weighted by molar-refractivity contribution is 7.99. The zero-order chi connectivity index (χ0) is 13.2. The van der Waals surface area contributed by atoms with Crippen molar-refractivity contribution in [2.45, 2.75) is 55.4 Å². The molecule has 1 saturated heterocycles. The molecule has 0 spiro atoms. The molecule has 2 fully saturated rings. The van der Waals surface area contributed by atoms with E-state index in [4.69, 9.17) is 0 Å². The molecule has 3 atom stereocenters. The molecular weight excluding hydrogens is 258 g/mol. The van der Waals surface area contributed by atoms with Crippen molar-refractivity contribution in [3.05, 3.63) is 0 Å². The molecule has 1 aliphatic heterocycles. The topological polar surface area (TPSA) is 41.1 Å². The maximum atomic E-state index is 13.0. The van der Waals surface area contributed by atoms with Crippen LogP contribution in [0.1, 0.15) is 32.1 Å². The molecule has 0 aromatic carbocycles. The molecule has 0 bridgehead atoms. The molecular formula is C12H20F2N2OS. The summed E-state index contributed by atoms with van der Waals surface area (Å²) in [5, 5.41) is 6.09. The van der Waals surface area contributed by atoms with E-state index in [0.717, 1.165) is 19.3 Å². The van der Waals surface area contributed by atoms with Gasteiger partial charge in [0.2, 0.25) is 5.91 Å². The second-order valence-electron chi connectivity index (χ2n) is 5.22. The van der Waals surface area contributed by atoms with Gasteiger partial charge in [0.15, 0.2) is 0 Å². The van der Waals surface area contributed by atoms with Crippen molar-refractivity contribution in [3.63, 3.8) is 0 Å². The molecule has 2 rings (SSSR count). The molecule has 1 heterocycles. The standard InChI is InChI=1S/C12H20F2N2OS/c1-18-9-4-2-3-8(5-9)16-11(17)10-6-12(13,14)7-15-10/h8-10,15H,2-7H2,1H3,(H,16,17). The van der Waals surface area contributed by atoms with E-state index in [1.54, 1.807) is 0 Å². The van der Waals surface area contributed by atoms with Gasteiger partial charge in [0.25, 0.3) is 5.92 Å². The number of thioether (sulfide) groups is 1. The maximum absolute atomic E-state index is 13.0. The van der Waals surface area contributed by atoms with E-state index < -0.39 is 12.0 Å². The van der Waals surface area contributed by atoms with Gasteiger partial charge in [0, 0.05) is 17.7 Å². The van der Waals surface area contributed by atoms with Crippen molar-refractivity contribution in [1.82, 2.24) is 10.6 Å². The zero-order valence-corrected chi connectivity index (χ0v) is 11.4. The average Bonchev–Trinajstić information content (AvgIpc) is 2.70. The summed E-state index contributed by atoms with van der Waals surface area (Å²) in [7, 11) is 0. The zero-order valence-electron chi connectivity index (χ0n) is 10.5. The Morgan fingerprint density at radius 2 is 2.22 bits per heavy atom. The van der Waals surface area contributed by atoms with Crippen LogP contribution in [0, 0.1) is 0 Å². The predicted octanol–water partition coefficient (Wildman–Crippen LogP) is 1.77. The van der Waals surface area contributed by atoms with Crippen LogP contribution in [0.2, 0.25) is 0 Å². The Morgan fingerprint density at radius 3 is 2.83 bits per heavy atom. The summed E-state index contributed by atoms with van der Waals surface area (Å²) < 4.78 is 26.0. The Balaban J connectivity index is 1.81. The minimum atomic E-state index is -2.74. The third-order valence-electron chi connectivity index (χ3n) is 3.73. The molecule has 3 unspecified atom stereocenters. The van der Waals surface area contributed by atoms with Gasteiger partial charge in [-0.25, -0.2) is 8.78 Å². The molecule has 1 saturated carbocycles. The van der Waals surface area contributed by atoms with E-state index in [1.807, 2.05) is 11.8 Å². The minimum Gasteiger partial charge on any atom is -0.352 e. The van der Waals surface area contributed by atoms with E-state index in [-0.39, 0.29) is 24.9 Å². The molecule has 1 amide bonds. The lowest BCUT2D eigenvalue weighted by molar-refractivity contribution is -0.124. The summed E-state index contributed by atoms with van der Waals surface area (Å²) in [6.45, 7) is -0.386. The lowest BCUT2D eigenvalue weighted by Gasteiger charge is -2.29. The fraction of sp³-hybridized carbons (Fsp3) is 0.917. The number of hydrogen-bond donors (Lipinski definition) is 2. The van der Waals surface area contributed by atoms with Crippen LogP contribution in [0.25, 0.3) is 0 Å². The molecule has 0 aromatic heterocycles. The predicted molar refractivity (Wildman–Crippen MR) is 69.1 cm³/mol. The van der Waals surface area contributed by atoms with Crippen LogP contribution in [0.3, 0.4) is 0 Å². The summed E-state index contributed by atoms with van der Waals surface area (Å²) in [4.78, 5) is 11.9. The van der Waals surface area contributed by atoms with Gasteiger partial charge in [0.1, 0.15) is 0 Å². The second-order valence-corrected chi connectivity index (χ2v) is 6.36. The fourth-order valence-electron chi connectivity index (χ4n) is 2.69. The number of rotatable bonds is 3. The Morgan fingerprint density at radius 1 is 1.44 bits per heavy atom. The number of nitrogens with one attached hydrogen (secondary N) is 2. The first kappa shape index (κ1) is 14.1. The average molecular weight is 278 g/mol. The normalized spacial score (nSPS) is 35.4. The van der Waals surface area contributed by atoms with Crippen molar-refractivity contribution in [3.8, 4) is 0 Å². The first-order chi connectivity index (χ1) is 8.50. The Bertz CT molecular complexity index is 314. The van der Waals surface area contributed by atoms with Gasteiger partial charge < -0.3 is 5.32 Å². The molecule has 0 radical (unpaired) electrons. The number of amides is 1. The first-order valence-corrected chi connectivity index (χ1v) is 7.73. The largest absolute Gasteiger partial charge is 0.352 e. The Hall–Kier alpha value is -0.360. The highest BCUT2D eigenvalue weighted by Gasteiger charge is 2.42. The van der Waals surface area contributed by atoms with Gasteiger partial charge in [-0.3, -0.25) is 10.1 Å². The number of halogens is 2. The molecule has 6 heteroatoms. The van der Waals surface area contributed by atoms with Gasteiger partial charge in [0.05, 0.1) is 12.6 Å². The van der Waals surface area contributed by atoms with Gasteiger partial charge in [-0.05, 0) is 25.5 Å². The van der Waals surface area contributed by atoms with Crippen LogP contribution >= 0.6 is 11.8 Å². The van der Waals surface area contributed by atoms with Gasteiger partial charge >= 0.3 is 0 Å². The SMILES string of the molecule is CSC1CCCC(NC(=O)C2CC(F)(F)CN2)C1. The molecule has 2 N–H and O–H groups in total. The molecule has 104 valence electrons. The van der Waals surface area contributed by atoms with Crippen molar-refractivity contribution < 1.29 is 13.6 Å². The van der Waals surface area contributed by atoms with Gasteiger partial charge in [-0.15, -0.1) is 0 Å². The molecule has 3 nitrogen and oxygen atoms in total. The smallest absolute Gasteiger partial charge is 0.262 e. The van der Waals surface area contributed by atoms with Crippen LogP contribution in [0.5, 0.6) is 0 Å². The van der Waals surface area contributed by atoms with E-state index in [0.29, 0.717) is 5.25 Å². The number of carbonyl (C=O) groups excluding carboxylic acids is 1. The van der Waals surface area contributed by atoms with Crippen LogP contribution < -0.4 is 10.6 Å². The highest BCUT2D eigenvalue weighted by Crippen LogP contribution is 2.28. The molecule has 0 aromatic rings.